The van der Waals surface area contributed by atoms with Crippen molar-refractivity contribution in [3.8, 4) is 23.3 Å². The molecule has 0 heterocycles. The summed E-state index contributed by atoms with van der Waals surface area (Å²) in [5, 5.41) is 8.81. The first-order chi connectivity index (χ1) is 11.7. The third-order valence-electron chi connectivity index (χ3n) is 3.55. The number of nitrogens with zero attached hydrogens (tertiary/aromatic N) is 1. The van der Waals surface area contributed by atoms with Gasteiger partial charge in [0.05, 0.1) is 11.6 Å². The van der Waals surface area contributed by atoms with Crippen molar-refractivity contribution in [1.29, 1.82) is 5.26 Å². The van der Waals surface area contributed by atoms with Crippen molar-refractivity contribution >= 4 is 0 Å². The van der Waals surface area contributed by atoms with Gasteiger partial charge in [-0.05, 0) is 48.9 Å². The fourth-order valence-corrected chi connectivity index (χ4v) is 2.21. The van der Waals surface area contributed by atoms with E-state index >= 15 is 0 Å². The minimum Gasteiger partial charge on any atom is -0.489 e. The standard InChI is InChI=1S/C21H17NO2/c1-16-5-11-19(12-6-16)24-21-4-2-3-20(13-21)23-15-18-9-7-17(14-22)8-10-18/h2-13H,15H2,1H3. The summed E-state index contributed by atoms with van der Waals surface area (Å²) in [5.41, 5.74) is 2.85. The van der Waals surface area contributed by atoms with Crippen molar-refractivity contribution < 1.29 is 9.47 Å². The lowest BCUT2D eigenvalue weighted by Gasteiger charge is -2.10. The Kier molecular flexibility index (Phi) is 4.78. The Labute approximate surface area is 141 Å². The number of ether oxygens (including phenoxy) is 2. The van der Waals surface area contributed by atoms with Crippen molar-refractivity contribution in [1.82, 2.24) is 0 Å². The summed E-state index contributed by atoms with van der Waals surface area (Å²) in [5.74, 6) is 2.27. The Bertz CT molecular complexity index is 846. The molecular weight excluding hydrogens is 298 g/mol. The molecule has 0 aliphatic rings. The normalized spacial score (nSPS) is 10.0. The zero-order valence-electron chi connectivity index (χ0n) is 13.4. The Morgan fingerprint density at radius 3 is 2.25 bits per heavy atom. The van der Waals surface area contributed by atoms with E-state index in [4.69, 9.17) is 14.7 Å². The van der Waals surface area contributed by atoms with Gasteiger partial charge in [-0.2, -0.15) is 5.26 Å². The van der Waals surface area contributed by atoms with E-state index in [0.717, 1.165) is 22.8 Å². The van der Waals surface area contributed by atoms with Gasteiger partial charge in [-0.25, -0.2) is 0 Å². The van der Waals surface area contributed by atoms with Crippen LogP contribution in [0.5, 0.6) is 17.2 Å². The van der Waals surface area contributed by atoms with Gasteiger partial charge >= 0.3 is 0 Å². The van der Waals surface area contributed by atoms with Crippen LogP contribution in [0.4, 0.5) is 0 Å². The van der Waals surface area contributed by atoms with Crippen LogP contribution < -0.4 is 9.47 Å². The Morgan fingerprint density at radius 2 is 1.54 bits per heavy atom. The van der Waals surface area contributed by atoms with E-state index in [2.05, 4.69) is 6.07 Å². The van der Waals surface area contributed by atoms with E-state index in [1.807, 2.05) is 67.6 Å². The third kappa shape index (κ3) is 4.15. The van der Waals surface area contributed by atoms with Crippen molar-refractivity contribution in [2.24, 2.45) is 0 Å². The van der Waals surface area contributed by atoms with E-state index in [1.54, 1.807) is 12.1 Å². The first kappa shape index (κ1) is 15.6. The first-order valence-electron chi connectivity index (χ1n) is 7.69. The van der Waals surface area contributed by atoms with Crippen LogP contribution in [0.1, 0.15) is 16.7 Å². The zero-order chi connectivity index (χ0) is 16.8. The Hall–Kier alpha value is -3.25. The van der Waals surface area contributed by atoms with Gasteiger partial charge in [0.25, 0.3) is 0 Å². The highest BCUT2D eigenvalue weighted by atomic mass is 16.5. The minimum absolute atomic E-state index is 0.444. The van der Waals surface area contributed by atoms with Gasteiger partial charge in [0.15, 0.2) is 0 Å². The fourth-order valence-electron chi connectivity index (χ4n) is 2.21. The van der Waals surface area contributed by atoms with Crippen LogP contribution >= 0.6 is 0 Å². The van der Waals surface area contributed by atoms with Gasteiger partial charge in [0.2, 0.25) is 0 Å². The predicted molar refractivity (Wildman–Crippen MR) is 93.2 cm³/mol. The van der Waals surface area contributed by atoms with Crippen LogP contribution in [-0.2, 0) is 6.61 Å². The van der Waals surface area contributed by atoms with Gasteiger partial charge in [-0.1, -0.05) is 35.9 Å². The topological polar surface area (TPSA) is 42.2 Å². The predicted octanol–water partition coefficient (Wildman–Crippen LogP) is 5.24. The van der Waals surface area contributed by atoms with Crippen LogP contribution in [0.15, 0.2) is 72.8 Å². The highest BCUT2D eigenvalue weighted by molar-refractivity contribution is 5.38. The van der Waals surface area contributed by atoms with Crippen LogP contribution in [0.25, 0.3) is 0 Å². The lowest BCUT2D eigenvalue weighted by molar-refractivity contribution is 0.304. The summed E-state index contributed by atoms with van der Waals surface area (Å²) in [6, 6.07) is 24.9. The van der Waals surface area contributed by atoms with Gasteiger partial charge in [-0.3, -0.25) is 0 Å². The van der Waals surface area contributed by atoms with Crippen molar-refractivity contribution in [3.63, 3.8) is 0 Å². The van der Waals surface area contributed by atoms with E-state index in [-0.39, 0.29) is 0 Å². The smallest absolute Gasteiger partial charge is 0.131 e. The first-order valence-corrected chi connectivity index (χ1v) is 7.69. The monoisotopic (exact) mass is 315 g/mol. The molecule has 3 rings (SSSR count). The summed E-state index contributed by atoms with van der Waals surface area (Å²) in [4.78, 5) is 0. The maximum Gasteiger partial charge on any atom is 0.131 e. The molecule has 3 nitrogen and oxygen atoms in total. The molecule has 0 bridgehead atoms. The van der Waals surface area contributed by atoms with Crippen LogP contribution in [0, 0.1) is 18.3 Å². The largest absolute Gasteiger partial charge is 0.489 e. The maximum absolute atomic E-state index is 8.81. The second-order valence-electron chi connectivity index (χ2n) is 5.49. The molecule has 0 aliphatic carbocycles. The third-order valence-corrected chi connectivity index (χ3v) is 3.55. The summed E-state index contributed by atoms with van der Waals surface area (Å²) in [6.07, 6.45) is 0. The average Bonchev–Trinajstić information content (AvgIpc) is 2.63. The molecule has 0 spiro atoms. The molecule has 24 heavy (non-hydrogen) atoms. The number of aryl methyl sites for hydroxylation is 1. The molecule has 0 radical (unpaired) electrons. The molecule has 3 aromatic rings. The van der Waals surface area contributed by atoms with Gasteiger partial charge < -0.3 is 9.47 Å². The van der Waals surface area contributed by atoms with Crippen molar-refractivity contribution in [2.45, 2.75) is 13.5 Å². The molecule has 0 unspecified atom stereocenters. The summed E-state index contributed by atoms with van der Waals surface area (Å²) >= 11 is 0. The van der Waals surface area contributed by atoms with Crippen LogP contribution in [0.2, 0.25) is 0 Å². The lowest BCUT2D eigenvalue weighted by Crippen LogP contribution is -1.95. The molecule has 0 saturated heterocycles. The second kappa shape index (κ2) is 7.34. The Balaban J connectivity index is 1.64. The van der Waals surface area contributed by atoms with E-state index < -0.39 is 0 Å². The van der Waals surface area contributed by atoms with Gasteiger partial charge in [0, 0.05) is 6.07 Å². The highest BCUT2D eigenvalue weighted by Crippen LogP contribution is 2.26. The second-order valence-corrected chi connectivity index (χ2v) is 5.49. The van der Waals surface area contributed by atoms with E-state index in [0.29, 0.717) is 12.2 Å². The lowest BCUT2D eigenvalue weighted by atomic mass is 10.2. The van der Waals surface area contributed by atoms with Crippen LogP contribution in [0.3, 0.4) is 0 Å². The van der Waals surface area contributed by atoms with E-state index in [9.17, 15) is 0 Å². The molecule has 0 N–H and O–H groups in total. The molecule has 0 fully saturated rings. The molecule has 0 saturated carbocycles. The number of nitriles is 1. The quantitative estimate of drug-likeness (QED) is 0.646. The summed E-state index contributed by atoms with van der Waals surface area (Å²) in [7, 11) is 0. The summed E-state index contributed by atoms with van der Waals surface area (Å²) in [6.45, 7) is 2.49. The molecule has 3 heteroatoms. The minimum atomic E-state index is 0.444. The number of rotatable bonds is 5. The zero-order valence-corrected chi connectivity index (χ0v) is 13.4. The van der Waals surface area contributed by atoms with Crippen LogP contribution in [-0.4, -0.2) is 0 Å². The molecular formula is C21H17NO2. The maximum atomic E-state index is 8.81. The molecule has 0 aliphatic heterocycles. The van der Waals surface area contributed by atoms with Crippen molar-refractivity contribution in [2.75, 3.05) is 0 Å². The van der Waals surface area contributed by atoms with Crippen molar-refractivity contribution in [3.05, 3.63) is 89.5 Å². The molecule has 0 amide bonds. The highest BCUT2D eigenvalue weighted by Gasteiger charge is 2.01. The molecule has 0 atom stereocenters. The van der Waals surface area contributed by atoms with E-state index in [1.165, 1.54) is 5.56 Å². The Morgan fingerprint density at radius 1 is 0.833 bits per heavy atom. The average molecular weight is 315 g/mol. The molecule has 3 aromatic carbocycles. The van der Waals surface area contributed by atoms with Gasteiger partial charge in [-0.15, -0.1) is 0 Å². The number of benzene rings is 3. The fraction of sp³-hybridized carbons (Fsp3) is 0.0952. The summed E-state index contributed by atoms with van der Waals surface area (Å²) < 4.78 is 11.6. The molecule has 118 valence electrons. The number of hydrogen-bond donors (Lipinski definition) is 0. The molecule has 0 aromatic heterocycles. The number of hydrogen-bond acceptors (Lipinski definition) is 3. The SMILES string of the molecule is Cc1ccc(Oc2cccc(OCc3ccc(C#N)cc3)c2)cc1. The van der Waals surface area contributed by atoms with Gasteiger partial charge in [0.1, 0.15) is 23.9 Å².